The van der Waals surface area contributed by atoms with E-state index < -0.39 is 0 Å². The second kappa shape index (κ2) is 4.33. The smallest absolute Gasteiger partial charge is 0.399 e. The fourth-order valence-corrected chi connectivity index (χ4v) is 2.46. The topological polar surface area (TPSA) is 36.3 Å². The van der Waals surface area contributed by atoms with E-state index in [1.807, 2.05) is 6.33 Å². The molecular weight excluding hydrogens is 251 g/mol. The molecule has 20 heavy (non-hydrogen) atoms. The summed E-state index contributed by atoms with van der Waals surface area (Å²) in [7, 11) is -0.323. The number of fused-ring (bicyclic) bond motifs is 1. The number of imidazole rings is 1. The molecule has 1 aromatic heterocycles. The summed E-state index contributed by atoms with van der Waals surface area (Å²) in [6.07, 6.45) is 1.87. The first-order chi connectivity index (χ1) is 9.34. The van der Waals surface area contributed by atoms with Crippen molar-refractivity contribution in [3.8, 4) is 0 Å². The van der Waals surface area contributed by atoms with Crippen LogP contribution in [0.5, 0.6) is 0 Å². The van der Waals surface area contributed by atoms with Crippen LogP contribution in [-0.4, -0.2) is 27.9 Å². The minimum Gasteiger partial charge on any atom is -0.399 e. The molecule has 2 aromatic rings. The van der Waals surface area contributed by atoms with Gasteiger partial charge >= 0.3 is 7.12 Å². The Hall–Kier alpha value is -1.33. The van der Waals surface area contributed by atoms with Crippen LogP contribution in [0.25, 0.3) is 11.0 Å². The first-order valence-electron chi connectivity index (χ1n) is 7.14. The molecule has 0 aliphatic carbocycles. The standard InChI is InChI=1S/C15H21BN2O2/c1-6-18-10-17-12-9-11(7-8-13(12)18)16-19-14(2,3)15(4,5)20-16/h7-10H,6H2,1-5H3. The van der Waals surface area contributed by atoms with Crippen molar-refractivity contribution in [3.05, 3.63) is 24.5 Å². The lowest BCUT2D eigenvalue weighted by Crippen LogP contribution is -2.41. The molecule has 0 unspecified atom stereocenters. The van der Waals surface area contributed by atoms with Crippen LogP contribution < -0.4 is 5.46 Å². The van der Waals surface area contributed by atoms with E-state index >= 15 is 0 Å². The summed E-state index contributed by atoms with van der Waals surface area (Å²) in [6, 6.07) is 6.22. The van der Waals surface area contributed by atoms with Gasteiger partial charge in [0.15, 0.2) is 0 Å². The number of rotatable bonds is 2. The maximum atomic E-state index is 6.08. The van der Waals surface area contributed by atoms with Crippen LogP contribution in [0.2, 0.25) is 0 Å². The van der Waals surface area contributed by atoms with E-state index in [2.05, 4.69) is 62.4 Å². The van der Waals surface area contributed by atoms with E-state index in [1.165, 1.54) is 0 Å². The first-order valence-corrected chi connectivity index (χ1v) is 7.14. The van der Waals surface area contributed by atoms with Crippen molar-refractivity contribution < 1.29 is 9.31 Å². The third-order valence-electron chi connectivity index (χ3n) is 4.51. The summed E-state index contributed by atoms with van der Waals surface area (Å²) in [4.78, 5) is 4.45. The second-order valence-electron chi connectivity index (χ2n) is 6.37. The summed E-state index contributed by atoms with van der Waals surface area (Å²) in [6.45, 7) is 11.3. The molecule has 1 saturated heterocycles. The Balaban J connectivity index is 1.96. The number of hydrogen-bond acceptors (Lipinski definition) is 3. The van der Waals surface area contributed by atoms with Crippen LogP contribution in [0.1, 0.15) is 34.6 Å². The highest BCUT2D eigenvalue weighted by molar-refractivity contribution is 6.62. The largest absolute Gasteiger partial charge is 0.494 e. The lowest BCUT2D eigenvalue weighted by Gasteiger charge is -2.32. The molecule has 1 aliphatic rings. The molecule has 0 atom stereocenters. The van der Waals surface area contributed by atoms with Gasteiger partial charge in [0.25, 0.3) is 0 Å². The van der Waals surface area contributed by atoms with Crippen molar-refractivity contribution >= 4 is 23.6 Å². The Kier molecular flexibility index (Phi) is 2.96. The summed E-state index contributed by atoms with van der Waals surface area (Å²) in [5, 5.41) is 0. The molecule has 0 radical (unpaired) electrons. The Labute approximate surface area is 120 Å². The summed E-state index contributed by atoms with van der Waals surface area (Å²) >= 11 is 0. The molecule has 4 nitrogen and oxygen atoms in total. The maximum Gasteiger partial charge on any atom is 0.494 e. The maximum absolute atomic E-state index is 6.08. The van der Waals surface area contributed by atoms with Gasteiger partial charge in [0, 0.05) is 6.54 Å². The number of aryl methyl sites for hydroxylation is 1. The van der Waals surface area contributed by atoms with Crippen LogP contribution in [-0.2, 0) is 15.9 Å². The van der Waals surface area contributed by atoms with Crippen LogP contribution in [0.15, 0.2) is 24.5 Å². The van der Waals surface area contributed by atoms with Gasteiger partial charge in [-0.1, -0.05) is 6.07 Å². The SMILES string of the molecule is CCn1cnc2cc(B3OC(C)(C)C(C)(C)O3)ccc21. The third-order valence-corrected chi connectivity index (χ3v) is 4.51. The minimum atomic E-state index is -0.323. The van der Waals surface area contributed by atoms with E-state index in [9.17, 15) is 0 Å². The molecule has 0 spiro atoms. The molecule has 0 bridgehead atoms. The molecule has 1 fully saturated rings. The zero-order chi connectivity index (χ0) is 14.5. The van der Waals surface area contributed by atoms with Crippen LogP contribution in [0.3, 0.4) is 0 Å². The lowest BCUT2D eigenvalue weighted by molar-refractivity contribution is 0.00578. The van der Waals surface area contributed by atoms with Crippen molar-refractivity contribution in [1.82, 2.24) is 9.55 Å². The second-order valence-corrected chi connectivity index (χ2v) is 6.37. The summed E-state index contributed by atoms with van der Waals surface area (Å²) < 4.78 is 14.3. The highest BCUT2D eigenvalue weighted by atomic mass is 16.7. The predicted octanol–water partition coefficient (Wildman–Crippen LogP) is 2.36. The van der Waals surface area contributed by atoms with Crippen molar-refractivity contribution in [2.75, 3.05) is 0 Å². The monoisotopic (exact) mass is 272 g/mol. The van der Waals surface area contributed by atoms with Crippen molar-refractivity contribution in [2.24, 2.45) is 0 Å². The average molecular weight is 272 g/mol. The van der Waals surface area contributed by atoms with E-state index in [4.69, 9.17) is 9.31 Å². The highest BCUT2D eigenvalue weighted by Crippen LogP contribution is 2.36. The summed E-state index contributed by atoms with van der Waals surface area (Å²) in [5.74, 6) is 0. The Bertz CT molecular complexity index is 632. The van der Waals surface area contributed by atoms with E-state index in [0.29, 0.717) is 0 Å². The molecule has 0 N–H and O–H groups in total. The van der Waals surface area contributed by atoms with Crippen molar-refractivity contribution in [2.45, 2.75) is 52.4 Å². The van der Waals surface area contributed by atoms with Gasteiger partial charge in [0.2, 0.25) is 0 Å². The molecule has 3 rings (SSSR count). The predicted molar refractivity (Wildman–Crippen MR) is 81.1 cm³/mol. The van der Waals surface area contributed by atoms with Gasteiger partial charge in [-0.25, -0.2) is 4.98 Å². The third kappa shape index (κ3) is 1.96. The zero-order valence-electron chi connectivity index (χ0n) is 12.8. The fraction of sp³-hybridized carbons (Fsp3) is 0.533. The molecule has 106 valence electrons. The lowest BCUT2D eigenvalue weighted by atomic mass is 9.79. The Morgan fingerprint density at radius 3 is 2.40 bits per heavy atom. The fourth-order valence-electron chi connectivity index (χ4n) is 2.46. The van der Waals surface area contributed by atoms with Gasteiger partial charge in [-0.05, 0) is 52.2 Å². The van der Waals surface area contributed by atoms with Crippen molar-refractivity contribution in [3.63, 3.8) is 0 Å². The van der Waals surface area contributed by atoms with Gasteiger partial charge in [-0.15, -0.1) is 0 Å². The van der Waals surface area contributed by atoms with Crippen LogP contribution in [0.4, 0.5) is 0 Å². The highest BCUT2D eigenvalue weighted by Gasteiger charge is 2.51. The quantitative estimate of drug-likeness (QED) is 0.787. The minimum absolute atomic E-state index is 0.310. The van der Waals surface area contributed by atoms with E-state index in [-0.39, 0.29) is 18.3 Å². The van der Waals surface area contributed by atoms with Crippen LogP contribution in [0, 0.1) is 0 Å². The van der Waals surface area contributed by atoms with Gasteiger partial charge in [0.1, 0.15) is 0 Å². The molecule has 5 heteroatoms. The van der Waals surface area contributed by atoms with Crippen molar-refractivity contribution in [1.29, 1.82) is 0 Å². The van der Waals surface area contributed by atoms with Gasteiger partial charge in [0.05, 0.1) is 28.6 Å². The number of nitrogens with zero attached hydrogens (tertiary/aromatic N) is 2. The summed E-state index contributed by atoms with van der Waals surface area (Å²) in [5.41, 5.74) is 2.54. The van der Waals surface area contributed by atoms with Gasteiger partial charge in [-0.2, -0.15) is 0 Å². The molecule has 2 heterocycles. The first kappa shape index (κ1) is 13.6. The Morgan fingerprint density at radius 1 is 1.15 bits per heavy atom. The Morgan fingerprint density at radius 2 is 1.80 bits per heavy atom. The van der Waals surface area contributed by atoms with Gasteiger partial charge < -0.3 is 13.9 Å². The molecule has 1 aliphatic heterocycles. The molecular formula is C15H21BN2O2. The molecule has 0 saturated carbocycles. The normalized spacial score (nSPS) is 20.8. The number of benzene rings is 1. The number of aromatic nitrogens is 2. The number of hydrogen-bond donors (Lipinski definition) is 0. The van der Waals surface area contributed by atoms with E-state index in [1.54, 1.807) is 0 Å². The van der Waals surface area contributed by atoms with E-state index in [0.717, 1.165) is 23.0 Å². The molecule has 1 aromatic carbocycles. The average Bonchev–Trinajstić information content (AvgIpc) is 2.87. The zero-order valence-corrected chi connectivity index (χ0v) is 12.8. The molecule has 0 amide bonds. The van der Waals surface area contributed by atoms with Crippen LogP contribution >= 0.6 is 0 Å². The van der Waals surface area contributed by atoms with Gasteiger partial charge in [-0.3, -0.25) is 0 Å².